The van der Waals surface area contributed by atoms with Crippen LogP contribution in [0.5, 0.6) is 0 Å². The standard InChI is InChI=1S/C8H11F2IN2O2/c1-5(2)3-7-12-6(13-15-7)4-14-8(9,10)11/h5H,3-4H2,1-2H3. The Labute approximate surface area is 99.5 Å². The third-order valence-corrected chi connectivity index (χ3v) is 1.77. The Hall–Kier alpha value is -0.310. The van der Waals surface area contributed by atoms with Crippen molar-refractivity contribution in [2.24, 2.45) is 5.92 Å². The highest BCUT2D eigenvalue weighted by atomic mass is 127. The molecule has 0 atom stereocenters. The smallest absolute Gasteiger partial charge is 0.339 e. The second-order valence-corrected chi connectivity index (χ2v) is 4.69. The van der Waals surface area contributed by atoms with Crippen molar-refractivity contribution < 1.29 is 18.0 Å². The summed E-state index contributed by atoms with van der Waals surface area (Å²) in [5, 5.41) is 3.52. The lowest BCUT2D eigenvalue weighted by molar-refractivity contribution is -0.155. The highest BCUT2D eigenvalue weighted by Gasteiger charge is 2.25. The normalized spacial score (nSPS) is 12.4. The molecule has 0 saturated heterocycles. The molecule has 0 aliphatic carbocycles. The number of rotatable bonds is 5. The molecule has 0 radical (unpaired) electrons. The van der Waals surface area contributed by atoms with Crippen LogP contribution in [0, 0.1) is 5.92 Å². The highest BCUT2D eigenvalue weighted by molar-refractivity contribution is 14.1. The highest BCUT2D eigenvalue weighted by Crippen LogP contribution is 2.24. The van der Waals surface area contributed by atoms with Gasteiger partial charge in [0.25, 0.3) is 0 Å². The van der Waals surface area contributed by atoms with Crippen LogP contribution in [-0.4, -0.2) is 14.3 Å². The Morgan fingerprint density at radius 2 is 2.20 bits per heavy atom. The number of hydrogen-bond acceptors (Lipinski definition) is 4. The van der Waals surface area contributed by atoms with Crippen LogP contribution < -0.4 is 0 Å². The molecule has 1 aromatic heterocycles. The van der Waals surface area contributed by atoms with Gasteiger partial charge in [0.1, 0.15) is 6.61 Å². The van der Waals surface area contributed by atoms with Gasteiger partial charge in [0.2, 0.25) is 5.89 Å². The molecule has 0 amide bonds. The molecule has 0 aliphatic rings. The summed E-state index contributed by atoms with van der Waals surface area (Å²) >= 11 is 0.888. The van der Waals surface area contributed by atoms with Crippen LogP contribution in [0.15, 0.2) is 4.52 Å². The van der Waals surface area contributed by atoms with Crippen molar-refractivity contribution in [3.05, 3.63) is 11.7 Å². The maximum absolute atomic E-state index is 12.3. The quantitative estimate of drug-likeness (QED) is 0.615. The van der Waals surface area contributed by atoms with E-state index < -0.39 is 4.12 Å². The lowest BCUT2D eigenvalue weighted by Gasteiger charge is -2.06. The molecule has 0 fully saturated rings. The van der Waals surface area contributed by atoms with Gasteiger partial charge in [0.05, 0.1) is 0 Å². The SMILES string of the molecule is CC(C)Cc1nc(COC(F)(F)I)no1. The molecule has 1 aromatic rings. The maximum Gasteiger partial charge on any atom is 0.408 e. The van der Waals surface area contributed by atoms with Crippen LogP contribution in [0.2, 0.25) is 0 Å². The summed E-state index contributed by atoms with van der Waals surface area (Å²) in [5.41, 5.74) is 0. The van der Waals surface area contributed by atoms with Gasteiger partial charge in [-0.3, -0.25) is 0 Å². The monoisotopic (exact) mass is 332 g/mol. The second kappa shape index (κ2) is 5.15. The van der Waals surface area contributed by atoms with E-state index in [-0.39, 0.29) is 12.4 Å². The van der Waals surface area contributed by atoms with Gasteiger partial charge in [-0.1, -0.05) is 19.0 Å². The van der Waals surface area contributed by atoms with Gasteiger partial charge in [0.15, 0.2) is 5.82 Å². The number of ether oxygens (including phenoxy) is 1. The second-order valence-electron chi connectivity index (χ2n) is 3.44. The maximum atomic E-state index is 12.3. The Morgan fingerprint density at radius 1 is 1.53 bits per heavy atom. The van der Waals surface area contributed by atoms with Crippen molar-refractivity contribution >= 4 is 22.6 Å². The number of alkyl halides is 3. The predicted octanol–water partition coefficient (Wildman–Crippen LogP) is 2.77. The lowest BCUT2D eigenvalue weighted by Crippen LogP contribution is -2.11. The van der Waals surface area contributed by atoms with E-state index in [1.807, 2.05) is 13.8 Å². The first-order chi connectivity index (χ1) is 6.87. The van der Waals surface area contributed by atoms with Crippen LogP contribution in [0.1, 0.15) is 25.6 Å². The molecule has 0 aromatic carbocycles. The van der Waals surface area contributed by atoms with E-state index in [0.717, 1.165) is 22.6 Å². The number of nitrogens with zero attached hydrogens (tertiary/aromatic N) is 2. The summed E-state index contributed by atoms with van der Waals surface area (Å²) < 4.78 is 30.5. The minimum atomic E-state index is -3.20. The largest absolute Gasteiger partial charge is 0.408 e. The number of halogens is 3. The van der Waals surface area contributed by atoms with Gasteiger partial charge in [-0.05, 0) is 5.92 Å². The molecule has 0 aliphatic heterocycles. The summed E-state index contributed by atoms with van der Waals surface area (Å²) in [7, 11) is 0. The summed E-state index contributed by atoms with van der Waals surface area (Å²) in [4.78, 5) is 3.91. The Kier molecular flexibility index (Phi) is 4.38. The molecular weight excluding hydrogens is 321 g/mol. The lowest BCUT2D eigenvalue weighted by atomic mass is 10.1. The van der Waals surface area contributed by atoms with E-state index in [2.05, 4.69) is 14.9 Å². The first kappa shape index (κ1) is 12.8. The van der Waals surface area contributed by atoms with Gasteiger partial charge in [-0.25, -0.2) is 0 Å². The molecule has 1 heterocycles. The summed E-state index contributed by atoms with van der Waals surface area (Å²) in [6.45, 7) is 3.65. The molecule has 0 bridgehead atoms. The molecule has 86 valence electrons. The summed E-state index contributed by atoms with van der Waals surface area (Å²) in [6.07, 6.45) is 0.633. The van der Waals surface area contributed by atoms with E-state index in [4.69, 9.17) is 4.52 Å². The minimum absolute atomic E-state index is 0.141. The zero-order chi connectivity index (χ0) is 11.5. The minimum Gasteiger partial charge on any atom is -0.339 e. The average molecular weight is 332 g/mol. The van der Waals surface area contributed by atoms with Crippen LogP contribution >= 0.6 is 22.6 Å². The molecule has 1 rings (SSSR count). The zero-order valence-corrected chi connectivity index (χ0v) is 10.5. The van der Waals surface area contributed by atoms with E-state index >= 15 is 0 Å². The van der Waals surface area contributed by atoms with Crippen molar-refractivity contribution in [2.75, 3.05) is 0 Å². The van der Waals surface area contributed by atoms with Gasteiger partial charge in [-0.2, -0.15) is 13.8 Å². The molecule has 4 nitrogen and oxygen atoms in total. The molecule has 0 saturated carbocycles. The molecule has 0 unspecified atom stereocenters. The number of aromatic nitrogens is 2. The first-order valence-electron chi connectivity index (χ1n) is 4.39. The Morgan fingerprint density at radius 3 is 2.73 bits per heavy atom. The van der Waals surface area contributed by atoms with Crippen LogP contribution in [0.4, 0.5) is 8.78 Å². The topological polar surface area (TPSA) is 48.2 Å². The molecule has 7 heteroatoms. The number of hydrogen-bond donors (Lipinski definition) is 0. The molecule has 0 spiro atoms. The third-order valence-electron chi connectivity index (χ3n) is 1.46. The van der Waals surface area contributed by atoms with Gasteiger partial charge in [-0.15, -0.1) is 0 Å². The fraction of sp³-hybridized carbons (Fsp3) is 0.750. The van der Waals surface area contributed by atoms with Crippen LogP contribution in [0.25, 0.3) is 0 Å². The van der Waals surface area contributed by atoms with Gasteiger partial charge >= 0.3 is 4.12 Å². The molecule has 0 N–H and O–H groups in total. The first-order valence-corrected chi connectivity index (χ1v) is 5.47. The van der Waals surface area contributed by atoms with E-state index in [1.54, 1.807) is 0 Å². The Bertz CT molecular complexity index is 312. The predicted molar refractivity (Wildman–Crippen MR) is 56.6 cm³/mol. The average Bonchev–Trinajstić information content (AvgIpc) is 2.46. The summed E-state index contributed by atoms with van der Waals surface area (Å²) in [5.74, 6) is 0.965. The van der Waals surface area contributed by atoms with Crippen molar-refractivity contribution in [1.29, 1.82) is 0 Å². The van der Waals surface area contributed by atoms with Crippen LogP contribution in [-0.2, 0) is 17.8 Å². The molecular formula is C8H11F2IN2O2. The van der Waals surface area contributed by atoms with Gasteiger partial charge < -0.3 is 9.26 Å². The summed E-state index contributed by atoms with van der Waals surface area (Å²) in [6, 6.07) is 0. The fourth-order valence-electron chi connectivity index (χ4n) is 0.927. The van der Waals surface area contributed by atoms with Crippen molar-refractivity contribution in [3.63, 3.8) is 0 Å². The van der Waals surface area contributed by atoms with Crippen molar-refractivity contribution in [1.82, 2.24) is 10.1 Å². The van der Waals surface area contributed by atoms with Crippen molar-refractivity contribution in [3.8, 4) is 0 Å². The molecule has 15 heavy (non-hydrogen) atoms. The zero-order valence-electron chi connectivity index (χ0n) is 8.34. The van der Waals surface area contributed by atoms with E-state index in [1.165, 1.54) is 0 Å². The van der Waals surface area contributed by atoms with E-state index in [0.29, 0.717) is 18.2 Å². The van der Waals surface area contributed by atoms with E-state index in [9.17, 15) is 8.78 Å². The van der Waals surface area contributed by atoms with Crippen molar-refractivity contribution in [2.45, 2.75) is 31.0 Å². The third kappa shape index (κ3) is 5.36. The fourth-order valence-corrected chi connectivity index (χ4v) is 1.08. The van der Waals surface area contributed by atoms with Crippen LogP contribution in [0.3, 0.4) is 0 Å². The Balaban J connectivity index is 2.46. The van der Waals surface area contributed by atoms with Gasteiger partial charge in [0, 0.05) is 29.0 Å².